The van der Waals surface area contributed by atoms with Crippen LogP contribution in [0.1, 0.15) is 11.3 Å². The Morgan fingerprint density at radius 2 is 2.17 bits per heavy atom. The van der Waals surface area contributed by atoms with Crippen LogP contribution in [-0.2, 0) is 17.8 Å². The number of aliphatic carboxylic acids is 1. The number of carboxylic acid groups (broad SMARTS) is 1. The predicted molar refractivity (Wildman–Crippen MR) is 62.9 cm³/mol. The fourth-order valence-electron chi connectivity index (χ4n) is 1.18. The lowest BCUT2D eigenvalue weighted by Crippen LogP contribution is -2.21. The normalized spacial score (nSPS) is 11.4. The van der Waals surface area contributed by atoms with Gasteiger partial charge in [-0.2, -0.15) is 0 Å². The predicted octanol–water partition coefficient (Wildman–Crippen LogP) is 1.67. The van der Waals surface area contributed by atoms with Crippen molar-refractivity contribution in [3.05, 3.63) is 20.9 Å². The number of hydrogen-bond acceptors (Lipinski definition) is 4. The van der Waals surface area contributed by atoms with Gasteiger partial charge in [0.25, 0.3) is 0 Å². The number of halogens is 4. The maximum atomic E-state index is 12.2. The van der Waals surface area contributed by atoms with Gasteiger partial charge in [-0.15, -0.1) is 13.2 Å². The van der Waals surface area contributed by atoms with Gasteiger partial charge in [0.2, 0.25) is 5.88 Å². The van der Waals surface area contributed by atoms with E-state index in [0.717, 1.165) is 0 Å². The zero-order valence-corrected chi connectivity index (χ0v) is 10.9. The Balaban J connectivity index is 3.24. The minimum atomic E-state index is -4.93. The van der Waals surface area contributed by atoms with E-state index in [9.17, 15) is 18.0 Å². The highest BCUT2D eigenvalue weighted by Gasteiger charge is 2.33. The fraction of sp³-hybridized carbons (Fsp3) is 0.333. The van der Waals surface area contributed by atoms with Crippen molar-refractivity contribution in [2.24, 2.45) is 5.73 Å². The highest BCUT2D eigenvalue weighted by Crippen LogP contribution is 2.28. The number of pyridine rings is 1. The zero-order chi connectivity index (χ0) is 13.9. The van der Waals surface area contributed by atoms with Crippen molar-refractivity contribution >= 4 is 28.6 Å². The first-order valence-corrected chi connectivity index (χ1v) is 5.66. The van der Waals surface area contributed by atoms with Crippen LogP contribution in [0.25, 0.3) is 0 Å². The molecule has 0 fully saturated rings. The molecule has 1 heterocycles. The lowest BCUT2D eigenvalue weighted by atomic mass is 10.2. The van der Waals surface area contributed by atoms with E-state index in [1.54, 1.807) is 22.6 Å². The van der Waals surface area contributed by atoms with Crippen LogP contribution in [0.4, 0.5) is 13.2 Å². The highest BCUT2D eigenvalue weighted by molar-refractivity contribution is 14.1. The molecule has 0 aromatic carbocycles. The average molecular weight is 376 g/mol. The smallest absolute Gasteiger partial charge is 0.481 e. The Labute approximate surface area is 113 Å². The number of nitrogens with zero attached hydrogens (tertiary/aromatic N) is 1. The van der Waals surface area contributed by atoms with Gasteiger partial charge in [-0.25, -0.2) is 4.98 Å². The van der Waals surface area contributed by atoms with E-state index < -0.39 is 24.6 Å². The quantitative estimate of drug-likeness (QED) is 0.782. The van der Waals surface area contributed by atoms with Crippen molar-refractivity contribution in [2.45, 2.75) is 19.3 Å². The summed E-state index contributed by atoms with van der Waals surface area (Å²) in [5.41, 5.74) is 5.34. The summed E-state index contributed by atoms with van der Waals surface area (Å²) in [7, 11) is 0. The van der Waals surface area contributed by atoms with E-state index in [0.29, 0.717) is 3.57 Å². The number of hydrogen-bond donors (Lipinski definition) is 2. The van der Waals surface area contributed by atoms with Gasteiger partial charge in [0, 0.05) is 15.7 Å². The molecule has 18 heavy (non-hydrogen) atoms. The van der Waals surface area contributed by atoms with Gasteiger partial charge in [-0.1, -0.05) is 0 Å². The second-order valence-electron chi connectivity index (χ2n) is 3.20. The molecule has 5 nitrogen and oxygen atoms in total. The van der Waals surface area contributed by atoms with Gasteiger partial charge in [-0.3, -0.25) is 4.79 Å². The van der Waals surface area contributed by atoms with Crippen molar-refractivity contribution in [3.63, 3.8) is 0 Å². The summed E-state index contributed by atoms with van der Waals surface area (Å²) in [6, 6.07) is 1.42. The lowest BCUT2D eigenvalue weighted by Gasteiger charge is -2.13. The van der Waals surface area contributed by atoms with Crippen molar-refractivity contribution in [2.75, 3.05) is 0 Å². The first-order valence-electron chi connectivity index (χ1n) is 4.59. The standard InChI is InChI=1S/C9H8F3IN2O3/c10-9(11,12)18-8-5(2-7(16)17)6(13)1-4(3-14)15-8/h1H,2-3,14H2,(H,16,17). The average Bonchev–Trinajstić information content (AvgIpc) is 2.20. The van der Waals surface area contributed by atoms with E-state index in [1.165, 1.54) is 6.07 Å². The van der Waals surface area contributed by atoms with E-state index in [2.05, 4.69) is 9.72 Å². The van der Waals surface area contributed by atoms with Crippen LogP contribution in [0.15, 0.2) is 6.07 Å². The summed E-state index contributed by atoms with van der Waals surface area (Å²) in [6.07, 6.45) is -5.54. The van der Waals surface area contributed by atoms with Crippen LogP contribution in [0.5, 0.6) is 5.88 Å². The Hall–Kier alpha value is -1.10. The van der Waals surface area contributed by atoms with Crippen LogP contribution in [-0.4, -0.2) is 22.4 Å². The molecular weight excluding hydrogens is 368 g/mol. The maximum Gasteiger partial charge on any atom is 0.574 e. The van der Waals surface area contributed by atoms with Crippen LogP contribution >= 0.6 is 22.6 Å². The number of aromatic nitrogens is 1. The summed E-state index contributed by atoms with van der Waals surface area (Å²) in [5, 5.41) is 8.65. The van der Waals surface area contributed by atoms with Crippen molar-refractivity contribution in [1.82, 2.24) is 4.98 Å². The number of alkyl halides is 3. The molecule has 0 aliphatic carbocycles. The summed E-state index contributed by atoms with van der Waals surface area (Å²) >= 11 is 1.71. The third-order valence-corrected chi connectivity index (χ3v) is 2.80. The molecule has 1 aromatic heterocycles. The van der Waals surface area contributed by atoms with Crippen LogP contribution < -0.4 is 10.5 Å². The highest BCUT2D eigenvalue weighted by atomic mass is 127. The lowest BCUT2D eigenvalue weighted by molar-refractivity contribution is -0.276. The largest absolute Gasteiger partial charge is 0.574 e. The minimum Gasteiger partial charge on any atom is -0.481 e. The first kappa shape index (κ1) is 15.0. The van der Waals surface area contributed by atoms with Gasteiger partial charge >= 0.3 is 12.3 Å². The summed E-state index contributed by atoms with van der Waals surface area (Å²) in [4.78, 5) is 14.2. The molecule has 0 amide bonds. The molecule has 0 spiro atoms. The Morgan fingerprint density at radius 3 is 2.61 bits per heavy atom. The summed E-state index contributed by atoms with van der Waals surface area (Å²) < 4.78 is 40.6. The minimum absolute atomic E-state index is 0.0719. The molecule has 3 N–H and O–H groups in total. The topological polar surface area (TPSA) is 85.4 Å². The van der Waals surface area contributed by atoms with Gasteiger partial charge in [0.05, 0.1) is 12.1 Å². The molecule has 1 aromatic rings. The van der Waals surface area contributed by atoms with Gasteiger partial charge in [0.1, 0.15) is 0 Å². The summed E-state index contributed by atoms with van der Waals surface area (Å²) in [5.74, 6) is -2.04. The molecule has 9 heteroatoms. The second-order valence-corrected chi connectivity index (χ2v) is 4.36. The number of carbonyl (C=O) groups is 1. The third-order valence-electron chi connectivity index (χ3n) is 1.83. The van der Waals surface area contributed by atoms with Crippen molar-refractivity contribution < 1.29 is 27.8 Å². The van der Waals surface area contributed by atoms with Crippen molar-refractivity contribution in [1.29, 1.82) is 0 Å². The molecule has 0 bridgehead atoms. The van der Waals surface area contributed by atoms with Gasteiger partial charge in [0.15, 0.2) is 0 Å². The van der Waals surface area contributed by atoms with Crippen LogP contribution in [0.2, 0.25) is 0 Å². The molecule has 0 atom stereocenters. The number of carboxylic acids is 1. The summed E-state index contributed by atoms with van der Waals surface area (Å²) in [6.45, 7) is -0.0719. The Bertz CT molecular complexity index is 465. The van der Waals surface area contributed by atoms with E-state index >= 15 is 0 Å². The van der Waals surface area contributed by atoms with Crippen molar-refractivity contribution in [3.8, 4) is 5.88 Å². The van der Waals surface area contributed by atoms with Crippen LogP contribution in [0.3, 0.4) is 0 Å². The molecule has 0 saturated carbocycles. The van der Waals surface area contributed by atoms with E-state index in [4.69, 9.17) is 10.8 Å². The molecule has 0 saturated heterocycles. The Morgan fingerprint density at radius 1 is 1.56 bits per heavy atom. The third kappa shape index (κ3) is 4.29. The number of ether oxygens (including phenoxy) is 1. The van der Waals surface area contributed by atoms with Crippen LogP contribution in [0, 0.1) is 3.57 Å². The van der Waals surface area contributed by atoms with Gasteiger partial charge < -0.3 is 15.6 Å². The first-order chi connectivity index (χ1) is 8.23. The monoisotopic (exact) mass is 376 g/mol. The SMILES string of the molecule is NCc1cc(I)c(CC(=O)O)c(OC(F)(F)F)n1. The van der Waals surface area contributed by atoms with E-state index in [1.807, 2.05) is 0 Å². The molecule has 0 unspecified atom stereocenters. The fourth-order valence-corrected chi connectivity index (χ4v) is 1.96. The Kier molecular flexibility index (Phi) is 4.73. The molecule has 100 valence electrons. The maximum absolute atomic E-state index is 12.2. The number of nitrogens with two attached hydrogens (primary N) is 1. The molecule has 0 aliphatic heterocycles. The zero-order valence-electron chi connectivity index (χ0n) is 8.79. The number of rotatable bonds is 4. The molecule has 0 aliphatic rings. The second kappa shape index (κ2) is 5.69. The van der Waals surface area contributed by atoms with Gasteiger partial charge in [-0.05, 0) is 28.7 Å². The molecule has 1 rings (SSSR count). The molecular formula is C9H8F3IN2O3. The van der Waals surface area contributed by atoms with E-state index in [-0.39, 0.29) is 17.8 Å². The molecule has 0 radical (unpaired) electrons.